The van der Waals surface area contributed by atoms with Crippen molar-refractivity contribution in [2.45, 2.75) is 76.4 Å². The van der Waals surface area contributed by atoms with Gasteiger partial charge in [0.05, 0.1) is 11.1 Å². The average molecular weight is 495 g/mol. The van der Waals surface area contributed by atoms with Gasteiger partial charge in [-0.1, -0.05) is 38.2 Å². The smallest absolute Gasteiger partial charge is 0.348 e. The number of aryl methyl sites for hydroxylation is 1. The summed E-state index contributed by atoms with van der Waals surface area (Å²) in [5, 5.41) is 4.03. The van der Waals surface area contributed by atoms with E-state index in [9.17, 15) is 37.1 Å². The molecule has 0 spiro atoms. The van der Waals surface area contributed by atoms with Crippen LogP contribution in [-0.2, 0) is 20.8 Å². The van der Waals surface area contributed by atoms with Crippen LogP contribution in [0.5, 0.6) is 0 Å². The maximum Gasteiger partial charge on any atom is 0.471 e. The Hall–Kier alpha value is -3.24. The number of fused-ring (bicyclic) bond motifs is 1. The molecule has 0 bridgehead atoms. The lowest BCUT2D eigenvalue weighted by molar-refractivity contribution is -0.173. The Morgan fingerprint density at radius 3 is 2.23 bits per heavy atom. The van der Waals surface area contributed by atoms with E-state index in [4.69, 9.17) is 0 Å². The van der Waals surface area contributed by atoms with E-state index in [1.807, 2.05) is 5.32 Å². The van der Waals surface area contributed by atoms with E-state index in [0.29, 0.717) is 6.42 Å². The molecule has 2 aliphatic rings. The lowest BCUT2D eigenvalue weighted by atomic mass is 10.0. The average Bonchev–Trinajstić information content (AvgIpc) is 3.04. The second-order valence-corrected chi connectivity index (χ2v) is 8.81. The quantitative estimate of drug-likeness (QED) is 0.362. The number of nitrogens with one attached hydrogen (secondary N) is 2. The van der Waals surface area contributed by atoms with Crippen LogP contribution in [0.1, 0.15) is 84.1 Å². The maximum absolute atomic E-state index is 12.9. The number of carbonyl (C=O) groups excluding carboxylic acids is 5. The third-order valence-corrected chi connectivity index (χ3v) is 6.19. The zero-order chi connectivity index (χ0) is 25.6. The van der Waals surface area contributed by atoms with Crippen molar-refractivity contribution in [3.05, 3.63) is 34.9 Å². The first-order chi connectivity index (χ1) is 16.6. The lowest BCUT2D eigenvalue weighted by Gasteiger charge is -2.27. The van der Waals surface area contributed by atoms with Gasteiger partial charge in [0.2, 0.25) is 11.8 Å². The molecule has 1 aromatic rings. The summed E-state index contributed by atoms with van der Waals surface area (Å²) in [6.45, 7) is 0.0128. The first-order valence-electron chi connectivity index (χ1n) is 11.8. The Labute approximate surface area is 200 Å². The molecule has 190 valence electrons. The highest BCUT2D eigenvalue weighted by Crippen LogP contribution is 2.28. The zero-order valence-corrected chi connectivity index (χ0v) is 19.2. The van der Waals surface area contributed by atoms with Gasteiger partial charge in [-0.15, -0.1) is 0 Å². The van der Waals surface area contributed by atoms with E-state index >= 15 is 0 Å². The fourth-order valence-corrected chi connectivity index (χ4v) is 4.31. The highest BCUT2D eigenvalue weighted by Gasteiger charge is 2.44. The predicted molar refractivity (Wildman–Crippen MR) is 118 cm³/mol. The maximum atomic E-state index is 12.9. The normalized spacial score (nSPS) is 18.0. The third kappa shape index (κ3) is 6.67. The summed E-state index contributed by atoms with van der Waals surface area (Å²) in [6.07, 6.45) is 1.89. The van der Waals surface area contributed by atoms with Crippen LogP contribution in [0.3, 0.4) is 0 Å². The monoisotopic (exact) mass is 495 g/mol. The number of piperidine rings is 1. The van der Waals surface area contributed by atoms with Gasteiger partial charge in [0.15, 0.2) is 0 Å². The number of halogens is 3. The summed E-state index contributed by atoms with van der Waals surface area (Å²) >= 11 is 0. The molecule has 1 unspecified atom stereocenters. The minimum Gasteiger partial charge on any atom is -0.348 e. The second-order valence-electron chi connectivity index (χ2n) is 8.81. The van der Waals surface area contributed by atoms with E-state index in [2.05, 4.69) is 5.32 Å². The first kappa shape index (κ1) is 26.4. The molecular formula is C24H28F3N3O5. The topological polar surface area (TPSA) is 113 Å². The Morgan fingerprint density at radius 1 is 0.943 bits per heavy atom. The number of unbranched alkanes of at least 4 members (excludes halogenated alkanes) is 6. The van der Waals surface area contributed by atoms with Gasteiger partial charge in [0.1, 0.15) is 6.04 Å². The van der Waals surface area contributed by atoms with Crippen molar-refractivity contribution >= 4 is 29.5 Å². The minimum atomic E-state index is -4.84. The van der Waals surface area contributed by atoms with Crippen LogP contribution in [0.25, 0.3) is 0 Å². The molecule has 1 aromatic carbocycles. The number of amides is 5. The summed E-state index contributed by atoms with van der Waals surface area (Å²) in [4.78, 5) is 60.7. The molecule has 2 aliphatic heterocycles. The van der Waals surface area contributed by atoms with E-state index in [0.717, 1.165) is 55.4 Å². The van der Waals surface area contributed by atoms with Crippen molar-refractivity contribution in [1.29, 1.82) is 0 Å². The van der Waals surface area contributed by atoms with Gasteiger partial charge < -0.3 is 5.32 Å². The van der Waals surface area contributed by atoms with Gasteiger partial charge >= 0.3 is 12.1 Å². The van der Waals surface area contributed by atoms with Crippen molar-refractivity contribution in [2.24, 2.45) is 0 Å². The molecule has 0 aromatic heterocycles. The van der Waals surface area contributed by atoms with Crippen LogP contribution in [-0.4, -0.2) is 53.2 Å². The van der Waals surface area contributed by atoms with E-state index in [1.165, 1.54) is 0 Å². The molecule has 35 heavy (non-hydrogen) atoms. The Bertz CT molecular complexity index is 1010. The Balaban J connectivity index is 1.36. The molecule has 3 rings (SSSR count). The van der Waals surface area contributed by atoms with Gasteiger partial charge in [-0.05, 0) is 43.4 Å². The lowest BCUT2D eigenvalue weighted by Crippen LogP contribution is -2.54. The van der Waals surface area contributed by atoms with Crippen molar-refractivity contribution < 1.29 is 37.1 Å². The summed E-state index contributed by atoms with van der Waals surface area (Å²) in [5.74, 6) is -4.00. The standard InChI is InChI=1S/C24H28F3N3O5/c25-24(26,27)23(35)28-13-7-5-3-1-2-4-6-8-15-9-10-16-17(14-15)22(34)30(21(16)33)18-11-12-19(31)29-20(18)32/h9-10,14,18H,1-8,11-13H2,(H,28,35)(H,29,31,32). The van der Waals surface area contributed by atoms with Crippen molar-refractivity contribution in [2.75, 3.05) is 6.54 Å². The third-order valence-electron chi connectivity index (χ3n) is 6.19. The number of hydrogen-bond donors (Lipinski definition) is 2. The summed E-state index contributed by atoms with van der Waals surface area (Å²) < 4.78 is 36.2. The first-order valence-corrected chi connectivity index (χ1v) is 11.8. The number of nitrogens with zero attached hydrogens (tertiary/aromatic N) is 1. The molecule has 1 saturated heterocycles. The van der Waals surface area contributed by atoms with E-state index in [-0.39, 0.29) is 30.5 Å². The summed E-state index contributed by atoms with van der Waals surface area (Å²) in [7, 11) is 0. The highest BCUT2D eigenvalue weighted by atomic mass is 19.4. The molecule has 1 atom stereocenters. The van der Waals surface area contributed by atoms with Gasteiger partial charge in [0.25, 0.3) is 11.8 Å². The number of hydrogen-bond acceptors (Lipinski definition) is 5. The van der Waals surface area contributed by atoms with E-state index in [1.54, 1.807) is 18.2 Å². The van der Waals surface area contributed by atoms with E-state index < -0.39 is 41.8 Å². The largest absolute Gasteiger partial charge is 0.471 e. The minimum absolute atomic E-state index is 0.0128. The number of benzene rings is 1. The molecule has 2 heterocycles. The summed E-state index contributed by atoms with van der Waals surface area (Å²) in [6, 6.07) is 4.11. The van der Waals surface area contributed by atoms with Gasteiger partial charge in [-0.2, -0.15) is 13.2 Å². The SMILES string of the molecule is O=C1CCC(N2C(=O)c3ccc(CCCCCCCCCNC(=O)C(F)(F)F)cc3C2=O)C(=O)N1. The van der Waals surface area contributed by atoms with Crippen molar-refractivity contribution in [3.63, 3.8) is 0 Å². The Kier molecular flexibility index (Phi) is 8.63. The molecule has 11 heteroatoms. The van der Waals surface area contributed by atoms with Crippen molar-refractivity contribution in [3.8, 4) is 0 Å². The highest BCUT2D eigenvalue weighted by molar-refractivity contribution is 6.23. The van der Waals surface area contributed by atoms with Gasteiger partial charge in [-0.25, -0.2) is 0 Å². The van der Waals surface area contributed by atoms with Crippen LogP contribution < -0.4 is 10.6 Å². The molecule has 1 fully saturated rings. The molecule has 0 aliphatic carbocycles. The fraction of sp³-hybridized carbons (Fsp3) is 0.542. The van der Waals surface area contributed by atoms with Crippen LogP contribution in [0.2, 0.25) is 0 Å². The van der Waals surface area contributed by atoms with Gasteiger partial charge in [-0.3, -0.25) is 34.2 Å². The zero-order valence-electron chi connectivity index (χ0n) is 19.2. The molecular weight excluding hydrogens is 467 g/mol. The molecule has 2 N–H and O–H groups in total. The number of alkyl halides is 3. The second kappa shape index (κ2) is 11.5. The molecule has 0 saturated carbocycles. The fourth-order valence-electron chi connectivity index (χ4n) is 4.31. The summed E-state index contributed by atoms with van der Waals surface area (Å²) in [5.41, 5.74) is 1.44. The van der Waals surface area contributed by atoms with Crippen molar-refractivity contribution in [1.82, 2.24) is 15.5 Å². The Morgan fingerprint density at radius 2 is 1.57 bits per heavy atom. The van der Waals surface area contributed by atoms with Gasteiger partial charge in [0, 0.05) is 13.0 Å². The molecule has 8 nitrogen and oxygen atoms in total. The predicted octanol–water partition coefficient (Wildman–Crippen LogP) is 3.04. The van der Waals surface area contributed by atoms with Crippen LogP contribution in [0, 0.1) is 0 Å². The van der Waals surface area contributed by atoms with Crippen LogP contribution >= 0.6 is 0 Å². The van der Waals surface area contributed by atoms with Crippen LogP contribution in [0.4, 0.5) is 13.2 Å². The number of carbonyl (C=O) groups is 5. The van der Waals surface area contributed by atoms with Crippen LogP contribution in [0.15, 0.2) is 18.2 Å². The number of rotatable bonds is 11. The molecule has 0 radical (unpaired) electrons. The molecule has 5 amide bonds. The number of imide groups is 2.